The molecule has 3 heterocycles. The summed E-state index contributed by atoms with van der Waals surface area (Å²) in [6, 6.07) is 6.19. The van der Waals surface area contributed by atoms with E-state index >= 15 is 0 Å². The normalized spacial score (nSPS) is 14.7. The van der Waals surface area contributed by atoms with E-state index in [9.17, 15) is 26.4 Å². The highest BCUT2D eigenvalue weighted by molar-refractivity contribution is 7.89. The largest absolute Gasteiger partial charge is 0.490 e. The number of primary amides is 1. The van der Waals surface area contributed by atoms with Crippen LogP contribution >= 0.6 is 11.3 Å². The second kappa shape index (κ2) is 15.0. The Labute approximate surface area is 248 Å². The van der Waals surface area contributed by atoms with Crippen LogP contribution in [0.5, 0.6) is 0 Å². The van der Waals surface area contributed by atoms with Gasteiger partial charge in [-0.25, -0.2) is 17.5 Å². The van der Waals surface area contributed by atoms with Crippen LogP contribution in [0.25, 0.3) is 22.0 Å². The summed E-state index contributed by atoms with van der Waals surface area (Å²) >= 11 is 1.72. The lowest BCUT2D eigenvalue weighted by Crippen LogP contribution is -2.38. The van der Waals surface area contributed by atoms with Crippen LogP contribution in [0.2, 0.25) is 0 Å². The molecule has 14 heteroatoms. The maximum Gasteiger partial charge on any atom is 0.490 e. The molecule has 1 fully saturated rings. The van der Waals surface area contributed by atoms with E-state index in [1.54, 1.807) is 22.6 Å². The van der Waals surface area contributed by atoms with Gasteiger partial charge in [0.15, 0.2) is 0 Å². The third-order valence-corrected chi connectivity index (χ3v) is 9.74. The highest BCUT2D eigenvalue weighted by atomic mass is 32.2. The topological polar surface area (TPSA) is 137 Å². The van der Waals surface area contributed by atoms with Gasteiger partial charge in [0.1, 0.15) is 0 Å². The predicted molar refractivity (Wildman–Crippen MR) is 160 cm³/mol. The fraction of sp³-hybridized carbons (Fsp3) is 0.500. The van der Waals surface area contributed by atoms with E-state index in [-0.39, 0.29) is 11.7 Å². The van der Waals surface area contributed by atoms with E-state index < -0.39 is 28.1 Å². The number of carboxylic acid groups (broad SMARTS) is 1. The van der Waals surface area contributed by atoms with Crippen molar-refractivity contribution in [3.05, 3.63) is 45.8 Å². The van der Waals surface area contributed by atoms with E-state index in [1.807, 2.05) is 26.1 Å². The summed E-state index contributed by atoms with van der Waals surface area (Å²) in [5.41, 5.74) is 10.2. The van der Waals surface area contributed by atoms with Crippen LogP contribution < -0.4 is 5.73 Å². The number of halogens is 3. The van der Waals surface area contributed by atoms with Gasteiger partial charge in [0.25, 0.3) is 5.91 Å². The number of hydrogen-bond acceptors (Lipinski definition) is 6. The maximum atomic E-state index is 12.3. The number of nitrogens with zero attached hydrogens (tertiary/aromatic N) is 2. The number of aromatic nitrogens is 1. The number of amides is 1. The molecule has 0 aliphatic carbocycles. The molecule has 0 saturated carbocycles. The molecule has 1 amide bonds. The van der Waals surface area contributed by atoms with E-state index in [2.05, 4.69) is 41.4 Å². The average molecular weight is 633 g/mol. The third kappa shape index (κ3) is 8.79. The van der Waals surface area contributed by atoms with Crippen LogP contribution in [0.4, 0.5) is 13.2 Å². The molecule has 3 aromatic rings. The number of alkyl halides is 3. The zero-order chi connectivity index (χ0) is 31.8. The molecule has 234 valence electrons. The standard InChI is InChI=1S/C24H32N4O3S2.C2HF3O2.C2H6/c1-4-27(3)14-19-10-18(15-32-19)17-11-20-22(13-26-23(20)21(12-17)24(25)29)16-6-8-28(9-7-16)33(30,31)5-2;3-2(4,5)1(6)7;1-2/h10-13,15-16,26H,4-9,14H2,1-3H3,(H2,25,29);(H,6,7);1-2H3. The number of aliphatic carboxylic acids is 1. The maximum absolute atomic E-state index is 12.3. The van der Waals surface area contributed by atoms with Crippen molar-refractivity contribution in [1.82, 2.24) is 14.2 Å². The summed E-state index contributed by atoms with van der Waals surface area (Å²) in [6.07, 6.45) is -1.60. The number of nitrogens with one attached hydrogen (secondary N) is 1. The summed E-state index contributed by atoms with van der Waals surface area (Å²) in [6.45, 7) is 10.7. The fourth-order valence-electron chi connectivity index (χ4n) is 4.57. The average Bonchev–Trinajstić information content (AvgIpc) is 3.60. The highest BCUT2D eigenvalue weighted by Crippen LogP contribution is 2.38. The van der Waals surface area contributed by atoms with E-state index in [4.69, 9.17) is 15.6 Å². The Hall–Kier alpha value is -2.94. The Morgan fingerprint density at radius 2 is 1.74 bits per heavy atom. The molecule has 1 aromatic carbocycles. The van der Waals surface area contributed by atoms with Gasteiger partial charge in [0.05, 0.1) is 16.8 Å². The van der Waals surface area contributed by atoms with Crippen molar-refractivity contribution in [2.75, 3.05) is 32.4 Å². The number of sulfonamides is 1. The van der Waals surface area contributed by atoms with Crippen molar-refractivity contribution in [3.8, 4) is 11.1 Å². The monoisotopic (exact) mass is 632 g/mol. The Balaban J connectivity index is 0.000000601. The van der Waals surface area contributed by atoms with Gasteiger partial charge < -0.3 is 20.7 Å². The summed E-state index contributed by atoms with van der Waals surface area (Å²) in [7, 11) is -1.07. The first-order valence-corrected chi connectivity index (χ1v) is 16.2. The number of carbonyl (C=O) groups excluding carboxylic acids is 1. The molecule has 4 rings (SSSR count). The SMILES string of the molecule is CC.CCN(C)Cc1cc(-c2cc(C(N)=O)c3[nH]cc(C4CCN(S(=O)(=O)CC)CC4)c3c2)cs1.O=C(O)C(F)(F)F. The van der Waals surface area contributed by atoms with Gasteiger partial charge in [0.2, 0.25) is 10.0 Å². The van der Waals surface area contributed by atoms with Gasteiger partial charge in [-0.15, -0.1) is 11.3 Å². The predicted octanol–water partition coefficient (Wildman–Crippen LogP) is 5.64. The molecular weight excluding hydrogens is 593 g/mol. The van der Waals surface area contributed by atoms with Crippen LogP contribution in [0.1, 0.15) is 67.3 Å². The number of rotatable bonds is 8. The number of piperidine rings is 1. The molecule has 0 radical (unpaired) electrons. The third-order valence-electron chi connectivity index (χ3n) is 6.93. The Morgan fingerprint density at radius 3 is 2.24 bits per heavy atom. The minimum atomic E-state index is -5.08. The van der Waals surface area contributed by atoms with E-state index in [0.717, 1.165) is 53.5 Å². The second-order valence-electron chi connectivity index (χ2n) is 9.56. The molecule has 1 saturated heterocycles. The lowest BCUT2D eigenvalue weighted by Gasteiger charge is -2.31. The van der Waals surface area contributed by atoms with Crippen LogP contribution in [0.15, 0.2) is 29.8 Å². The van der Waals surface area contributed by atoms with Gasteiger partial charge >= 0.3 is 12.1 Å². The summed E-state index contributed by atoms with van der Waals surface area (Å²) in [5.74, 6) is -2.85. The van der Waals surface area contributed by atoms with Crippen LogP contribution in [0, 0.1) is 0 Å². The Morgan fingerprint density at radius 1 is 1.14 bits per heavy atom. The minimum Gasteiger partial charge on any atom is -0.475 e. The Kier molecular flexibility index (Phi) is 12.6. The molecule has 0 bridgehead atoms. The zero-order valence-electron chi connectivity index (χ0n) is 24.4. The lowest BCUT2D eigenvalue weighted by atomic mass is 9.88. The smallest absolute Gasteiger partial charge is 0.475 e. The molecule has 4 N–H and O–H groups in total. The fourth-order valence-corrected chi connectivity index (χ4v) is 6.68. The quantitative estimate of drug-likeness (QED) is 0.294. The summed E-state index contributed by atoms with van der Waals surface area (Å²) in [5, 5.41) is 10.3. The number of carbonyl (C=O) groups is 2. The first-order chi connectivity index (χ1) is 19.7. The lowest BCUT2D eigenvalue weighted by molar-refractivity contribution is -0.192. The van der Waals surface area contributed by atoms with Crippen molar-refractivity contribution in [1.29, 1.82) is 0 Å². The first kappa shape index (κ1) is 35.3. The van der Waals surface area contributed by atoms with Crippen molar-refractivity contribution >= 4 is 44.1 Å². The minimum absolute atomic E-state index is 0.132. The van der Waals surface area contributed by atoms with Crippen molar-refractivity contribution in [2.45, 2.75) is 59.2 Å². The first-order valence-electron chi connectivity index (χ1n) is 13.7. The van der Waals surface area contributed by atoms with Crippen molar-refractivity contribution in [2.24, 2.45) is 5.73 Å². The number of H-pyrrole nitrogens is 1. The van der Waals surface area contributed by atoms with Gasteiger partial charge in [-0.3, -0.25) is 4.79 Å². The van der Waals surface area contributed by atoms with Gasteiger partial charge in [0, 0.05) is 36.1 Å². The molecular formula is C28H39F3N4O5S2. The molecule has 2 aromatic heterocycles. The van der Waals surface area contributed by atoms with Crippen molar-refractivity contribution < 1.29 is 36.3 Å². The number of hydrogen-bond donors (Lipinski definition) is 3. The van der Waals surface area contributed by atoms with E-state index in [0.29, 0.717) is 18.7 Å². The number of thiophene rings is 1. The van der Waals surface area contributed by atoms with Crippen LogP contribution in [-0.4, -0.2) is 78.2 Å². The molecule has 1 aliphatic rings. The number of nitrogens with two attached hydrogens (primary N) is 1. The van der Waals surface area contributed by atoms with Gasteiger partial charge in [-0.1, -0.05) is 20.8 Å². The van der Waals surface area contributed by atoms with Crippen LogP contribution in [-0.2, 0) is 21.4 Å². The molecule has 0 atom stereocenters. The molecule has 1 aliphatic heterocycles. The summed E-state index contributed by atoms with van der Waals surface area (Å²) < 4.78 is 57.8. The molecule has 0 unspecified atom stereocenters. The molecule has 0 spiro atoms. The molecule has 9 nitrogen and oxygen atoms in total. The zero-order valence-corrected chi connectivity index (χ0v) is 26.0. The Bertz CT molecular complexity index is 1460. The van der Waals surface area contributed by atoms with E-state index in [1.165, 1.54) is 4.88 Å². The van der Waals surface area contributed by atoms with Crippen molar-refractivity contribution in [3.63, 3.8) is 0 Å². The van der Waals surface area contributed by atoms with Gasteiger partial charge in [-0.05, 0) is 79.5 Å². The van der Waals surface area contributed by atoms with Crippen LogP contribution in [0.3, 0.4) is 0 Å². The number of aromatic amines is 1. The summed E-state index contributed by atoms with van der Waals surface area (Å²) in [4.78, 5) is 28.0. The highest BCUT2D eigenvalue weighted by Gasteiger charge is 2.38. The number of benzene rings is 1. The van der Waals surface area contributed by atoms with Gasteiger partial charge in [-0.2, -0.15) is 13.2 Å². The molecule has 42 heavy (non-hydrogen) atoms. The number of carboxylic acids is 1. The number of fused-ring (bicyclic) bond motifs is 1. The second-order valence-corrected chi connectivity index (χ2v) is 12.8.